The van der Waals surface area contributed by atoms with Gasteiger partial charge in [-0.2, -0.15) is 0 Å². The number of aromatic amines is 1. The van der Waals surface area contributed by atoms with E-state index in [0.29, 0.717) is 39.3 Å². The molecule has 0 atom stereocenters. The lowest BCUT2D eigenvalue weighted by molar-refractivity contribution is -0.384. The molecule has 178 valence electrons. The molecule has 8 nitrogen and oxygen atoms in total. The molecular weight excluding hydrogens is 470 g/mol. The lowest BCUT2D eigenvalue weighted by Crippen LogP contribution is -1.97. The monoisotopic (exact) mass is 487 g/mol. The van der Waals surface area contributed by atoms with Crippen LogP contribution in [0.3, 0.4) is 0 Å². The Bertz CT molecular complexity index is 1740. The molecule has 0 saturated carbocycles. The van der Waals surface area contributed by atoms with Gasteiger partial charge in [-0.05, 0) is 35.4 Å². The third-order valence-electron chi connectivity index (χ3n) is 6.46. The molecule has 0 radical (unpaired) electrons. The van der Waals surface area contributed by atoms with Crippen LogP contribution in [0.4, 0.5) is 5.69 Å². The molecule has 0 bridgehead atoms. The van der Waals surface area contributed by atoms with Crippen molar-refractivity contribution in [3.63, 3.8) is 0 Å². The van der Waals surface area contributed by atoms with Gasteiger partial charge in [0.1, 0.15) is 5.82 Å². The molecule has 8 heteroatoms. The van der Waals surface area contributed by atoms with E-state index < -0.39 is 10.9 Å². The van der Waals surface area contributed by atoms with E-state index in [9.17, 15) is 24.8 Å². The van der Waals surface area contributed by atoms with Crippen molar-refractivity contribution in [3.8, 4) is 45.0 Å². The maximum atomic E-state index is 13.2. The summed E-state index contributed by atoms with van der Waals surface area (Å²) < 4.78 is 0. The first-order valence-electron chi connectivity index (χ1n) is 11.4. The Morgan fingerprint density at radius 3 is 2.11 bits per heavy atom. The molecule has 1 aromatic heterocycles. The van der Waals surface area contributed by atoms with Crippen molar-refractivity contribution in [1.82, 2.24) is 9.97 Å². The number of hydrogen-bond acceptors (Lipinski definition) is 5. The molecule has 0 spiro atoms. The van der Waals surface area contributed by atoms with Gasteiger partial charge in [-0.3, -0.25) is 14.9 Å². The molecule has 0 amide bonds. The van der Waals surface area contributed by atoms with E-state index in [1.165, 1.54) is 24.3 Å². The van der Waals surface area contributed by atoms with Crippen LogP contribution in [0, 0.1) is 10.1 Å². The summed E-state index contributed by atoms with van der Waals surface area (Å²) in [6, 6.07) is 25.9. The van der Waals surface area contributed by atoms with Crippen molar-refractivity contribution in [1.29, 1.82) is 0 Å². The summed E-state index contributed by atoms with van der Waals surface area (Å²) >= 11 is 0. The second-order valence-electron chi connectivity index (χ2n) is 8.63. The maximum Gasteiger partial charge on any atom is 0.335 e. The van der Waals surface area contributed by atoms with Crippen LogP contribution in [-0.2, 0) is 0 Å². The summed E-state index contributed by atoms with van der Waals surface area (Å²) in [4.78, 5) is 43.4. The highest BCUT2D eigenvalue weighted by Gasteiger charge is 2.29. The van der Waals surface area contributed by atoms with Gasteiger partial charge in [-0.1, -0.05) is 54.6 Å². The zero-order valence-electron chi connectivity index (χ0n) is 19.1. The van der Waals surface area contributed by atoms with E-state index in [-0.39, 0.29) is 17.0 Å². The fraction of sp³-hybridized carbons (Fsp3) is 0. The Balaban J connectivity index is 1.47. The number of H-pyrrole nitrogens is 1. The molecule has 0 saturated heterocycles. The van der Waals surface area contributed by atoms with E-state index in [4.69, 9.17) is 4.98 Å². The topological polar surface area (TPSA) is 126 Å². The maximum absolute atomic E-state index is 13.2. The van der Waals surface area contributed by atoms with Crippen LogP contribution < -0.4 is 0 Å². The number of nitro groups is 1. The van der Waals surface area contributed by atoms with Gasteiger partial charge in [0.25, 0.3) is 5.69 Å². The first-order valence-corrected chi connectivity index (χ1v) is 11.4. The van der Waals surface area contributed by atoms with Crippen molar-refractivity contribution in [2.24, 2.45) is 0 Å². The average molecular weight is 487 g/mol. The Labute approximate surface area is 210 Å². The molecule has 1 aliphatic rings. The van der Waals surface area contributed by atoms with E-state index in [1.54, 1.807) is 24.3 Å². The summed E-state index contributed by atoms with van der Waals surface area (Å²) in [5.74, 6) is -0.723. The van der Waals surface area contributed by atoms with Crippen LogP contribution in [0.1, 0.15) is 26.3 Å². The van der Waals surface area contributed by atoms with Gasteiger partial charge in [0.15, 0.2) is 5.78 Å². The number of benzene rings is 4. The fourth-order valence-electron chi connectivity index (χ4n) is 4.63. The number of nitrogens with one attached hydrogen (secondary N) is 1. The zero-order chi connectivity index (χ0) is 25.7. The number of carboxylic acid groups (broad SMARTS) is 1. The Morgan fingerprint density at radius 2 is 1.43 bits per heavy atom. The third kappa shape index (κ3) is 3.68. The lowest BCUT2D eigenvalue weighted by atomic mass is 9.99. The van der Waals surface area contributed by atoms with Gasteiger partial charge in [0.05, 0.1) is 21.9 Å². The van der Waals surface area contributed by atoms with Crippen LogP contribution in [0.15, 0.2) is 91.0 Å². The summed E-state index contributed by atoms with van der Waals surface area (Å²) in [6.45, 7) is 0. The van der Waals surface area contributed by atoms with Crippen LogP contribution in [0.25, 0.3) is 45.0 Å². The summed E-state index contributed by atoms with van der Waals surface area (Å²) in [5.41, 5.74) is 5.90. The molecule has 37 heavy (non-hydrogen) atoms. The minimum Gasteiger partial charge on any atom is -0.478 e. The lowest BCUT2D eigenvalue weighted by Gasteiger charge is -2.06. The molecule has 0 aliphatic heterocycles. The van der Waals surface area contributed by atoms with Gasteiger partial charge < -0.3 is 10.1 Å². The van der Waals surface area contributed by atoms with E-state index in [1.807, 2.05) is 42.5 Å². The van der Waals surface area contributed by atoms with Gasteiger partial charge in [-0.15, -0.1) is 0 Å². The van der Waals surface area contributed by atoms with Gasteiger partial charge in [0.2, 0.25) is 0 Å². The highest BCUT2D eigenvalue weighted by molar-refractivity contribution is 6.22. The van der Waals surface area contributed by atoms with Crippen molar-refractivity contribution >= 4 is 17.4 Å². The zero-order valence-corrected chi connectivity index (χ0v) is 19.1. The van der Waals surface area contributed by atoms with Crippen molar-refractivity contribution in [2.45, 2.75) is 0 Å². The van der Waals surface area contributed by atoms with Crippen LogP contribution in [0.2, 0.25) is 0 Å². The number of aromatic nitrogens is 2. The quantitative estimate of drug-likeness (QED) is 0.219. The number of nitro benzene ring substituents is 1. The number of carboxylic acids is 1. The SMILES string of the molecule is O=C(O)c1ccc(-c2nc(-c3ccc4c(c3)C(=O)c3cc([N+](=O)[O-])ccc3-4)c(-c3ccccc3)[nH]2)cc1. The molecule has 1 heterocycles. The van der Waals surface area contributed by atoms with E-state index >= 15 is 0 Å². The highest BCUT2D eigenvalue weighted by atomic mass is 16.6. The number of imidazole rings is 1. The van der Waals surface area contributed by atoms with Crippen LogP contribution in [-0.4, -0.2) is 31.8 Å². The largest absolute Gasteiger partial charge is 0.478 e. The summed E-state index contributed by atoms with van der Waals surface area (Å²) in [7, 11) is 0. The molecule has 2 N–H and O–H groups in total. The number of non-ortho nitro benzene ring substituents is 1. The second kappa shape index (κ2) is 8.39. The number of carbonyl (C=O) groups excluding carboxylic acids is 1. The van der Waals surface area contributed by atoms with Gasteiger partial charge >= 0.3 is 5.97 Å². The number of aromatic carboxylic acids is 1. The number of hydrogen-bond donors (Lipinski definition) is 2. The molecule has 5 aromatic rings. The summed E-state index contributed by atoms with van der Waals surface area (Å²) in [5, 5.41) is 20.4. The Kier molecular flexibility index (Phi) is 5.01. The van der Waals surface area contributed by atoms with Gasteiger partial charge in [0, 0.05) is 39.9 Å². The predicted molar refractivity (Wildman–Crippen MR) is 137 cm³/mol. The molecule has 6 rings (SSSR count). The third-order valence-corrected chi connectivity index (χ3v) is 6.46. The number of nitrogens with zero attached hydrogens (tertiary/aromatic N) is 2. The van der Waals surface area contributed by atoms with Crippen LogP contribution >= 0.6 is 0 Å². The average Bonchev–Trinajstić information content (AvgIpc) is 3.49. The smallest absolute Gasteiger partial charge is 0.335 e. The Morgan fingerprint density at radius 1 is 0.784 bits per heavy atom. The van der Waals surface area contributed by atoms with Crippen molar-refractivity contribution in [2.75, 3.05) is 0 Å². The highest BCUT2D eigenvalue weighted by Crippen LogP contribution is 2.41. The molecule has 1 aliphatic carbocycles. The van der Waals surface area contributed by atoms with Crippen molar-refractivity contribution in [3.05, 3.63) is 118 Å². The molecule has 0 unspecified atom stereocenters. The molecule has 0 fully saturated rings. The number of ketones is 1. The minimum atomic E-state index is -1.01. The first kappa shape index (κ1) is 22.1. The Hall–Kier alpha value is -5.37. The number of carbonyl (C=O) groups is 2. The summed E-state index contributed by atoms with van der Waals surface area (Å²) in [6.07, 6.45) is 0. The van der Waals surface area contributed by atoms with Crippen molar-refractivity contribution < 1.29 is 19.6 Å². The molecular formula is C29H17N3O5. The van der Waals surface area contributed by atoms with E-state index in [0.717, 1.165) is 16.8 Å². The first-order chi connectivity index (χ1) is 17.9. The minimum absolute atomic E-state index is 0.127. The second-order valence-corrected chi connectivity index (χ2v) is 8.63. The normalized spacial score (nSPS) is 11.7. The number of rotatable bonds is 5. The van der Waals surface area contributed by atoms with Gasteiger partial charge in [-0.25, -0.2) is 9.78 Å². The predicted octanol–water partition coefficient (Wildman–Crippen LogP) is 6.23. The van der Waals surface area contributed by atoms with Crippen LogP contribution in [0.5, 0.6) is 0 Å². The van der Waals surface area contributed by atoms with E-state index in [2.05, 4.69) is 4.98 Å². The standard InChI is InChI=1S/C29H17N3O5/c33-27-23-14-19(10-12-21(23)22-13-11-20(32(36)37)15-24(22)27)26-25(16-4-2-1-3-5-16)30-28(31-26)17-6-8-18(9-7-17)29(34)35/h1-15H,(H,30,31)(H,34,35). The number of fused-ring (bicyclic) bond motifs is 3. The molecule has 4 aromatic carbocycles. The fourth-order valence-corrected chi connectivity index (χ4v) is 4.63.